The molecule has 0 unspecified atom stereocenters. The molecule has 3 nitrogen and oxygen atoms in total. The molecule has 0 radical (unpaired) electrons. The first-order valence-electron chi connectivity index (χ1n) is 5.95. The summed E-state index contributed by atoms with van der Waals surface area (Å²) in [5.41, 5.74) is -1.23. The number of hydrogen-bond donors (Lipinski definition) is 0. The Bertz CT molecular complexity index is 492. The molecule has 0 bridgehead atoms. The minimum atomic E-state index is -4.76. The normalized spacial score (nSPS) is 12.7. The van der Waals surface area contributed by atoms with Gasteiger partial charge in [-0.2, -0.15) is 13.2 Å². The highest BCUT2D eigenvalue weighted by atomic mass is 31.2. The van der Waals surface area contributed by atoms with Crippen molar-refractivity contribution < 1.29 is 31.2 Å². The van der Waals surface area contributed by atoms with Gasteiger partial charge in [0.15, 0.2) is 0 Å². The van der Waals surface area contributed by atoms with Gasteiger partial charge in [-0.05, 0) is 31.5 Å². The van der Waals surface area contributed by atoms with Gasteiger partial charge in [0.2, 0.25) is 0 Å². The van der Waals surface area contributed by atoms with E-state index in [2.05, 4.69) is 0 Å². The van der Waals surface area contributed by atoms with Gasteiger partial charge in [0.05, 0.1) is 24.9 Å². The van der Waals surface area contributed by atoms with E-state index in [4.69, 9.17) is 9.05 Å². The fraction of sp³-hybridized carbons (Fsp3) is 0.500. The number of rotatable bonds is 6. The molecule has 0 amide bonds. The third-order valence-corrected chi connectivity index (χ3v) is 4.42. The van der Waals surface area contributed by atoms with Crippen molar-refractivity contribution in [1.82, 2.24) is 0 Å². The molecule has 0 aliphatic carbocycles. The largest absolute Gasteiger partial charge is 0.419 e. The van der Waals surface area contributed by atoms with Crippen molar-refractivity contribution in [2.75, 3.05) is 13.2 Å². The summed E-state index contributed by atoms with van der Waals surface area (Å²) in [4.78, 5) is 0. The van der Waals surface area contributed by atoms with Crippen molar-refractivity contribution >= 4 is 7.60 Å². The van der Waals surface area contributed by atoms with E-state index in [1.807, 2.05) is 0 Å². The molecule has 0 saturated carbocycles. The van der Waals surface area contributed by atoms with Crippen LogP contribution in [0.25, 0.3) is 0 Å². The summed E-state index contributed by atoms with van der Waals surface area (Å²) in [5, 5.41) is 0. The quantitative estimate of drug-likeness (QED) is 0.568. The van der Waals surface area contributed by atoms with Crippen LogP contribution in [-0.4, -0.2) is 13.2 Å². The zero-order valence-electron chi connectivity index (χ0n) is 11.0. The van der Waals surface area contributed by atoms with Crippen LogP contribution in [0.15, 0.2) is 18.2 Å². The van der Waals surface area contributed by atoms with Gasteiger partial charge in [0.25, 0.3) is 0 Å². The molecule has 1 aromatic rings. The molecule has 8 heteroatoms. The van der Waals surface area contributed by atoms with E-state index in [1.165, 1.54) is 0 Å². The molecule has 1 rings (SSSR count). The Balaban J connectivity index is 2.99. The van der Waals surface area contributed by atoms with Crippen LogP contribution in [0.1, 0.15) is 25.0 Å². The second-order valence-electron chi connectivity index (χ2n) is 3.92. The third-order valence-electron chi connectivity index (χ3n) is 2.37. The SMILES string of the molecule is CCOP(=O)(Cc1ccc(C(F)(F)F)c(F)c1)OCC. The van der Waals surface area contributed by atoms with Crippen molar-refractivity contribution in [2.45, 2.75) is 26.2 Å². The highest BCUT2D eigenvalue weighted by Crippen LogP contribution is 2.51. The first kappa shape index (κ1) is 17.1. The van der Waals surface area contributed by atoms with Gasteiger partial charge < -0.3 is 9.05 Å². The lowest BCUT2D eigenvalue weighted by atomic mass is 10.1. The summed E-state index contributed by atoms with van der Waals surface area (Å²) in [6, 6.07) is 2.39. The van der Waals surface area contributed by atoms with Crippen molar-refractivity contribution in [3.63, 3.8) is 0 Å². The van der Waals surface area contributed by atoms with Gasteiger partial charge in [-0.1, -0.05) is 6.07 Å². The van der Waals surface area contributed by atoms with Gasteiger partial charge in [-0.25, -0.2) is 4.39 Å². The molecular weight excluding hydrogens is 299 g/mol. The van der Waals surface area contributed by atoms with Crippen LogP contribution in [0, 0.1) is 5.82 Å². The maximum atomic E-state index is 13.4. The van der Waals surface area contributed by atoms with Crippen LogP contribution < -0.4 is 0 Å². The molecule has 1 aromatic carbocycles. The van der Waals surface area contributed by atoms with Crippen molar-refractivity contribution in [3.05, 3.63) is 35.1 Å². The zero-order valence-corrected chi connectivity index (χ0v) is 11.9. The molecule has 114 valence electrons. The van der Waals surface area contributed by atoms with E-state index in [0.29, 0.717) is 12.1 Å². The van der Waals surface area contributed by atoms with Gasteiger partial charge in [0.1, 0.15) is 5.82 Å². The summed E-state index contributed by atoms with van der Waals surface area (Å²) in [6.07, 6.45) is -5.03. The monoisotopic (exact) mass is 314 g/mol. The van der Waals surface area contributed by atoms with Gasteiger partial charge in [-0.15, -0.1) is 0 Å². The molecule has 0 fully saturated rings. The molecule has 0 aliphatic heterocycles. The van der Waals surface area contributed by atoms with Crippen LogP contribution in [0.4, 0.5) is 17.6 Å². The van der Waals surface area contributed by atoms with E-state index < -0.39 is 25.2 Å². The van der Waals surface area contributed by atoms with E-state index in [-0.39, 0.29) is 24.9 Å². The van der Waals surface area contributed by atoms with E-state index in [0.717, 1.165) is 6.07 Å². The number of benzene rings is 1. The minimum Gasteiger partial charge on any atom is -0.309 e. The van der Waals surface area contributed by atoms with Crippen molar-refractivity contribution in [2.24, 2.45) is 0 Å². The fourth-order valence-electron chi connectivity index (χ4n) is 1.63. The third kappa shape index (κ3) is 4.58. The van der Waals surface area contributed by atoms with E-state index in [9.17, 15) is 22.1 Å². The number of alkyl halides is 3. The molecule has 20 heavy (non-hydrogen) atoms. The second kappa shape index (κ2) is 6.70. The predicted octanol–water partition coefficient (Wildman–Crippen LogP) is 4.61. The first-order valence-corrected chi connectivity index (χ1v) is 7.68. The smallest absolute Gasteiger partial charge is 0.309 e. The van der Waals surface area contributed by atoms with Gasteiger partial charge >= 0.3 is 13.8 Å². The summed E-state index contributed by atoms with van der Waals surface area (Å²) in [7, 11) is -3.46. The maximum absolute atomic E-state index is 13.4. The molecular formula is C12H15F4O3P. The van der Waals surface area contributed by atoms with Gasteiger partial charge in [0, 0.05) is 0 Å². The lowest BCUT2D eigenvalue weighted by Crippen LogP contribution is -2.08. The fourth-order valence-corrected chi connectivity index (χ4v) is 3.32. The Labute approximate surface area is 114 Å². The van der Waals surface area contributed by atoms with Crippen molar-refractivity contribution in [3.8, 4) is 0 Å². The highest BCUT2D eigenvalue weighted by Gasteiger charge is 2.34. The Hall–Kier alpha value is -0.910. The lowest BCUT2D eigenvalue weighted by molar-refractivity contribution is -0.140. The zero-order chi connectivity index (χ0) is 15.4. The average Bonchev–Trinajstić information content (AvgIpc) is 2.27. The molecule has 0 spiro atoms. The van der Waals surface area contributed by atoms with Crippen LogP contribution in [-0.2, 0) is 26.0 Å². The lowest BCUT2D eigenvalue weighted by Gasteiger charge is -2.17. The molecule has 0 atom stereocenters. The summed E-state index contributed by atoms with van der Waals surface area (Å²) in [6.45, 7) is 3.47. The Morgan fingerprint density at radius 3 is 2.10 bits per heavy atom. The van der Waals surface area contributed by atoms with Crippen LogP contribution in [0.3, 0.4) is 0 Å². The Kier molecular flexibility index (Phi) is 5.74. The van der Waals surface area contributed by atoms with E-state index in [1.54, 1.807) is 13.8 Å². The summed E-state index contributed by atoms with van der Waals surface area (Å²) < 4.78 is 72.8. The second-order valence-corrected chi connectivity index (χ2v) is 5.97. The van der Waals surface area contributed by atoms with Crippen LogP contribution in [0.2, 0.25) is 0 Å². The van der Waals surface area contributed by atoms with E-state index >= 15 is 0 Å². The van der Waals surface area contributed by atoms with Crippen molar-refractivity contribution in [1.29, 1.82) is 0 Å². The summed E-state index contributed by atoms with van der Waals surface area (Å²) in [5.74, 6) is -1.41. The average molecular weight is 314 g/mol. The molecule has 0 aromatic heterocycles. The highest BCUT2D eigenvalue weighted by molar-refractivity contribution is 7.53. The molecule has 0 N–H and O–H groups in total. The Morgan fingerprint density at radius 1 is 1.15 bits per heavy atom. The maximum Gasteiger partial charge on any atom is 0.419 e. The first-order chi connectivity index (χ1) is 9.22. The van der Waals surface area contributed by atoms with Crippen LogP contribution >= 0.6 is 7.60 Å². The Morgan fingerprint density at radius 2 is 1.70 bits per heavy atom. The predicted molar refractivity (Wildman–Crippen MR) is 66.0 cm³/mol. The van der Waals surface area contributed by atoms with Crippen LogP contribution in [0.5, 0.6) is 0 Å². The van der Waals surface area contributed by atoms with Gasteiger partial charge in [-0.3, -0.25) is 4.57 Å². The summed E-state index contributed by atoms with van der Waals surface area (Å²) >= 11 is 0. The number of halogens is 4. The molecule has 0 heterocycles. The molecule has 0 saturated heterocycles. The number of hydrogen-bond acceptors (Lipinski definition) is 3. The standard InChI is InChI=1S/C12H15F4O3P/c1-3-18-20(17,19-4-2)8-9-5-6-10(11(13)7-9)12(14,15)16/h5-7H,3-4,8H2,1-2H3. The topological polar surface area (TPSA) is 35.5 Å². The molecule has 0 aliphatic rings. The minimum absolute atomic E-state index is 0.125.